The SMILES string of the molecule is CC(NC(=O)CN1CCC2(CCC1=O)NC(=O)c1ccccc1O2)C1CC2CCC1C2. The molecule has 2 saturated carbocycles. The van der Waals surface area contributed by atoms with Gasteiger partial charge in [-0.05, 0) is 56.1 Å². The highest BCUT2D eigenvalue weighted by molar-refractivity contribution is 5.98. The van der Waals surface area contributed by atoms with Crippen molar-refractivity contribution < 1.29 is 19.1 Å². The average Bonchev–Trinajstić information content (AvgIpc) is 3.35. The highest BCUT2D eigenvalue weighted by Crippen LogP contribution is 2.49. The van der Waals surface area contributed by atoms with Crippen LogP contribution >= 0.6 is 0 Å². The van der Waals surface area contributed by atoms with E-state index in [4.69, 9.17) is 4.74 Å². The third kappa shape index (κ3) is 3.90. The van der Waals surface area contributed by atoms with Crippen LogP contribution in [0, 0.1) is 17.8 Å². The van der Waals surface area contributed by atoms with Crippen molar-refractivity contribution in [1.29, 1.82) is 0 Å². The van der Waals surface area contributed by atoms with Crippen molar-refractivity contribution in [1.82, 2.24) is 15.5 Å². The van der Waals surface area contributed by atoms with E-state index in [1.165, 1.54) is 25.7 Å². The molecule has 1 saturated heterocycles. The Morgan fingerprint density at radius 1 is 1.26 bits per heavy atom. The Labute approximate surface area is 182 Å². The molecule has 1 aromatic carbocycles. The maximum Gasteiger partial charge on any atom is 0.258 e. The molecule has 5 unspecified atom stereocenters. The number of amides is 3. The highest BCUT2D eigenvalue weighted by Gasteiger charge is 2.44. The predicted molar refractivity (Wildman–Crippen MR) is 114 cm³/mol. The minimum absolute atomic E-state index is 0.0601. The van der Waals surface area contributed by atoms with Crippen LogP contribution in [0.2, 0.25) is 0 Å². The van der Waals surface area contributed by atoms with E-state index < -0.39 is 5.72 Å². The molecule has 2 aliphatic heterocycles. The zero-order valence-corrected chi connectivity index (χ0v) is 18.1. The van der Waals surface area contributed by atoms with Gasteiger partial charge in [0.1, 0.15) is 5.75 Å². The van der Waals surface area contributed by atoms with Gasteiger partial charge in [-0.2, -0.15) is 0 Å². The molecule has 5 atom stereocenters. The van der Waals surface area contributed by atoms with Crippen molar-refractivity contribution in [3.8, 4) is 5.75 Å². The number of rotatable bonds is 4. The molecule has 31 heavy (non-hydrogen) atoms. The fraction of sp³-hybridized carbons (Fsp3) is 0.625. The van der Waals surface area contributed by atoms with E-state index >= 15 is 0 Å². The summed E-state index contributed by atoms with van der Waals surface area (Å²) in [5.41, 5.74) is -0.391. The number of hydrogen-bond donors (Lipinski definition) is 2. The van der Waals surface area contributed by atoms with Gasteiger partial charge in [0.25, 0.3) is 5.91 Å². The van der Waals surface area contributed by atoms with Gasteiger partial charge in [-0.1, -0.05) is 18.6 Å². The minimum Gasteiger partial charge on any atom is -0.467 e. The lowest BCUT2D eigenvalue weighted by Crippen LogP contribution is -2.56. The molecule has 1 aromatic rings. The lowest BCUT2D eigenvalue weighted by Gasteiger charge is -2.38. The van der Waals surface area contributed by atoms with Crippen molar-refractivity contribution in [3.05, 3.63) is 29.8 Å². The van der Waals surface area contributed by atoms with Gasteiger partial charge < -0.3 is 20.3 Å². The van der Waals surface area contributed by atoms with Gasteiger partial charge >= 0.3 is 0 Å². The number of hydrogen-bond acceptors (Lipinski definition) is 4. The normalized spacial score (nSPS) is 32.8. The topological polar surface area (TPSA) is 87.7 Å². The number of carbonyl (C=O) groups is 3. The Morgan fingerprint density at radius 2 is 2.10 bits per heavy atom. The van der Waals surface area contributed by atoms with Crippen LogP contribution in [-0.2, 0) is 9.59 Å². The van der Waals surface area contributed by atoms with Crippen molar-refractivity contribution in [2.75, 3.05) is 13.1 Å². The zero-order valence-electron chi connectivity index (χ0n) is 18.1. The Hall–Kier alpha value is -2.57. The molecule has 0 radical (unpaired) electrons. The lowest BCUT2D eigenvalue weighted by molar-refractivity contribution is -0.136. The molecule has 1 spiro atoms. The molecule has 7 heteroatoms. The first-order chi connectivity index (χ1) is 14.9. The van der Waals surface area contributed by atoms with Crippen LogP contribution in [0.3, 0.4) is 0 Å². The van der Waals surface area contributed by atoms with Gasteiger partial charge in [-0.25, -0.2) is 0 Å². The highest BCUT2D eigenvalue weighted by atomic mass is 16.5. The summed E-state index contributed by atoms with van der Waals surface area (Å²) in [5, 5.41) is 6.12. The molecule has 166 valence electrons. The van der Waals surface area contributed by atoms with E-state index in [-0.39, 0.29) is 36.7 Å². The molecule has 3 amide bonds. The largest absolute Gasteiger partial charge is 0.467 e. The molecular formula is C24H31N3O4. The number of nitrogens with zero attached hydrogens (tertiary/aromatic N) is 1. The van der Waals surface area contributed by atoms with Crippen LogP contribution in [0.15, 0.2) is 24.3 Å². The summed E-state index contributed by atoms with van der Waals surface area (Å²) in [6.45, 7) is 2.53. The number of carbonyl (C=O) groups excluding carboxylic acids is 3. The van der Waals surface area contributed by atoms with Gasteiger partial charge in [0, 0.05) is 31.8 Å². The summed E-state index contributed by atoms with van der Waals surface area (Å²) in [5.74, 6) is 2.35. The molecule has 2 heterocycles. The summed E-state index contributed by atoms with van der Waals surface area (Å²) in [4.78, 5) is 39.6. The van der Waals surface area contributed by atoms with Crippen LogP contribution in [-0.4, -0.2) is 47.5 Å². The maximum absolute atomic E-state index is 12.7. The molecule has 0 aromatic heterocycles. The van der Waals surface area contributed by atoms with E-state index in [0.717, 1.165) is 11.8 Å². The van der Waals surface area contributed by atoms with E-state index in [9.17, 15) is 14.4 Å². The van der Waals surface area contributed by atoms with Crippen molar-refractivity contribution in [2.24, 2.45) is 17.8 Å². The van der Waals surface area contributed by atoms with Crippen molar-refractivity contribution in [3.63, 3.8) is 0 Å². The predicted octanol–water partition coefficient (Wildman–Crippen LogP) is 2.46. The van der Waals surface area contributed by atoms with Crippen LogP contribution < -0.4 is 15.4 Å². The maximum atomic E-state index is 12.7. The third-order valence-corrected chi connectivity index (χ3v) is 7.82. The first-order valence-electron chi connectivity index (χ1n) is 11.6. The first kappa shape index (κ1) is 20.3. The fourth-order valence-electron chi connectivity index (χ4n) is 6.17. The number of likely N-dealkylation sites (tertiary alicyclic amines) is 1. The minimum atomic E-state index is -0.900. The molecule has 2 aliphatic carbocycles. The lowest BCUT2D eigenvalue weighted by atomic mass is 9.84. The summed E-state index contributed by atoms with van der Waals surface area (Å²) >= 11 is 0. The van der Waals surface area contributed by atoms with Crippen LogP contribution in [0.4, 0.5) is 0 Å². The average molecular weight is 426 g/mol. The molecule has 7 nitrogen and oxygen atoms in total. The summed E-state index contributed by atoms with van der Waals surface area (Å²) in [7, 11) is 0. The third-order valence-electron chi connectivity index (χ3n) is 7.82. The Bertz CT molecular complexity index is 903. The van der Waals surface area contributed by atoms with Crippen LogP contribution in [0.5, 0.6) is 5.75 Å². The second kappa shape index (κ2) is 7.84. The Kier molecular flexibility index (Phi) is 5.15. The van der Waals surface area contributed by atoms with Gasteiger partial charge in [0.15, 0.2) is 5.72 Å². The smallest absolute Gasteiger partial charge is 0.258 e. The van der Waals surface area contributed by atoms with Gasteiger partial charge in [-0.15, -0.1) is 0 Å². The number of nitrogens with one attached hydrogen (secondary N) is 2. The van der Waals surface area contributed by atoms with E-state index in [2.05, 4.69) is 17.6 Å². The Morgan fingerprint density at radius 3 is 2.87 bits per heavy atom. The monoisotopic (exact) mass is 425 g/mol. The molecule has 3 fully saturated rings. The molecular weight excluding hydrogens is 394 g/mol. The van der Waals surface area contributed by atoms with Crippen molar-refractivity contribution >= 4 is 17.7 Å². The van der Waals surface area contributed by atoms with Crippen LogP contribution in [0.1, 0.15) is 62.2 Å². The molecule has 2 bridgehead atoms. The zero-order chi connectivity index (χ0) is 21.6. The number of ether oxygens (including phenoxy) is 1. The van der Waals surface area contributed by atoms with E-state index in [1.54, 1.807) is 23.1 Å². The fourth-order valence-corrected chi connectivity index (χ4v) is 6.17. The molecule has 2 N–H and O–H groups in total. The quantitative estimate of drug-likeness (QED) is 0.776. The van der Waals surface area contributed by atoms with Gasteiger partial charge in [0.2, 0.25) is 11.8 Å². The number of benzene rings is 1. The Balaban J connectivity index is 1.19. The van der Waals surface area contributed by atoms with Crippen molar-refractivity contribution in [2.45, 2.75) is 63.6 Å². The number of para-hydroxylation sites is 1. The van der Waals surface area contributed by atoms with E-state index in [0.29, 0.717) is 36.6 Å². The van der Waals surface area contributed by atoms with Gasteiger partial charge in [0.05, 0.1) is 12.1 Å². The second-order valence-electron chi connectivity index (χ2n) is 9.81. The number of fused-ring (bicyclic) bond motifs is 3. The van der Waals surface area contributed by atoms with Gasteiger partial charge in [-0.3, -0.25) is 14.4 Å². The first-order valence-corrected chi connectivity index (χ1v) is 11.6. The second-order valence-corrected chi connectivity index (χ2v) is 9.81. The van der Waals surface area contributed by atoms with E-state index in [1.807, 2.05) is 6.07 Å². The standard InChI is InChI=1S/C24H31N3O4/c1-15(19-13-16-6-7-17(19)12-16)25-21(28)14-27-11-10-24(9-8-22(27)29)26-23(30)18-4-2-3-5-20(18)31-24/h2-5,15-17,19H,6-14H2,1H3,(H,25,28)(H,26,30). The summed E-state index contributed by atoms with van der Waals surface area (Å²) < 4.78 is 6.16. The molecule has 4 aliphatic rings. The molecule has 5 rings (SSSR count). The summed E-state index contributed by atoms with van der Waals surface area (Å²) in [6.07, 6.45) is 6.24. The van der Waals surface area contributed by atoms with Crippen LogP contribution in [0.25, 0.3) is 0 Å². The summed E-state index contributed by atoms with van der Waals surface area (Å²) in [6, 6.07) is 7.29.